The Labute approximate surface area is 102 Å². The number of carbonyl (C=O) groups excluding carboxylic acids is 1. The van der Waals surface area contributed by atoms with Crippen molar-refractivity contribution in [2.24, 2.45) is 0 Å². The molecule has 92 valence electrons. The summed E-state index contributed by atoms with van der Waals surface area (Å²) in [4.78, 5) is 14.9. The monoisotopic (exact) mass is 233 g/mol. The molecular weight excluding hydrogens is 214 g/mol. The lowest BCUT2D eigenvalue weighted by molar-refractivity contribution is -0.119. The highest BCUT2D eigenvalue weighted by Gasteiger charge is 2.00. The highest BCUT2D eigenvalue weighted by atomic mass is 16.1. The number of hydrogen-bond donors (Lipinski definition) is 2. The van der Waals surface area contributed by atoms with Crippen molar-refractivity contribution in [2.75, 3.05) is 5.73 Å². The van der Waals surface area contributed by atoms with Gasteiger partial charge in [-0.25, -0.2) is 4.98 Å². The third-order valence-corrected chi connectivity index (χ3v) is 2.39. The first kappa shape index (κ1) is 13.2. The molecule has 4 nitrogen and oxygen atoms in total. The van der Waals surface area contributed by atoms with Crippen molar-refractivity contribution in [3.8, 4) is 0 Å². The Morgan fingerprint density at radius 2 is 2.35 bits per heavy atom. The van der Waals surface area contributed by atoms with Crippen LogP contribution in [0.3, 0.4) is 0 Å². The van der Waals surface area contributed by atoms with Crippen LogP contribution in [0, 0.1) is 6.92 Å². The molecule has 1 rings (SSSR count). The molecule has 17 heavy (non-hydrogen) atoms. The fourth-order valence-electron chi connectivity index (χ4n) is 1.51. The number of hydrogen-bond acceptors (Lipinski definition) is 3. The van der Waals surface area contributed by atoms with Gasteiger partial charge in [0.05, 0.1) is 0 Å². The second-order valence-corrected chi connectivity index (χ2v) is 4.21. The molecule has 0 saturated heterocycles. The second kappa shape index (κ2) is 6.03. The highest BCUT2D eigenvalue weighted by molar-refractivity contribution is 5.73. The van der Waals surface area contributed by atoms with Crippen molar-refractivity contribution in [2.45, 2.75) is 33.2 Å². The second-order valence-electron chi connectivity index (χ2n) is 4.21. The first-order valence-electron chi connectivity index (χ1n) is 5.65. The lowest BCUT2D eigenvalue weighted by Gasteiger charge is -2.08. The molecule has 1 atom stereocenters. The molecule has 1 aromatic heterocycles. The van der Waals surface area contributed by atoms with Crippen LogP contribution < -0.4 is 11.1 Å². The van der Waals surface area contributed by atoms with Crippen molar-refractivity contribution in [3.05, 3.63) is 29.5 Å². The molecule has 4 heteroatoms. The number of carbonyl (C=O) groups is 1. The van der Waals surface area contributed by atoms with Gasteiger partial charge >= 0.3 is 0 Å². The number of anilines is 1. The fourth-order valence-corrected chi connectivity index (χ4v) is 1.51. The summed E-state index contributed by atoms with van der Waals surface area (Å²) in [6.45, 7) is 5.42. The largest absolute Gasteiger partial charge is 0.383 e. The van der Waals surface area contributed by atoms with Crippen molar-refractivity contribution in [1.29, 1.82) is 0 Å². The minimum Gasteiger partial charge on any atom is -0.383 e. The number of aromatic nitrogens is 1. The van der Waals surface area contributed by atoms with E-state index in [1.165, 1.54) is 6.92 Å². The summed E-state index contributed by atoms with van der Waals surface area (Å²) >= 11 is 0. The lowest BCUT2D eigenvalue weighted by Crippen LogP contribution is -2.29. The van der Waals surface area contributed by atoms with E-state index in [0.717, 1.165) is 17.5 Å². The summed E-state index contributed by atoms with van der Waals surface area (Å²) in [6, 6.07) is 2.13. The van der Waals surface area contributed by atoms with Gasteiger partial charge in [0, 0.05) is 19.2 Å². The summed E-state index contributed by atoms with van der Waals surface area (Å²) in [5, 5.41) is 2.82. The molecular formula is C13H19N3O. The minimum absolute atomic E-state index is 0.00380. The molecule has 1 aromatic rings. The Morgan fingerprint density at radius 3 is 2.94 bits per heavy atom. The molecule has 3 N–H and O–H groups in total. The van der Waals surface area contributed by atoms with Crippen molar-refractivity contribution < 1.29 is 4.79 Å². The quantitative estimate of drug-likeness (QED) is 0.834. The maximum atomic E-state index is 10.8. The van der Waals surface area contributed by atoms with E-state index in [4.69, 9.17) is 5.73 Å². The van der Waals surface area contributed by atoms with Gasteiger partial charge in [-0.1, -0.05) is 12.2 Å². The van der Waals surface area contributed by atoms with E-state index in [-0.39, 0.29) is 11.9 Å². The zero-order valence-corrected chi connectivity index (χ0v) is 10.5. The third-order valence-electron chi connectivity index (χ3n) is 2.39. The zero-order valence-electron chi connectivity index (χ0n) is 10.5. The number of pyridine rings is 1. The Kier molecular flexibility index (Phi) is 4.69. The SMILES string of the molecule is CC(=O)NC(C)C/C=C/c1cnc(N)c(C)c1. The number of aryl methyl sites for hydroxylation is 1. The topological polar surface area (TPSA) is 68.0 Å². The zero-order chi connectivity index (χ0) is 12.8. The lowest BCUT2D eigenvalue weighted by atomic mass is 10.1. The summed E-state index contributed by atoms with van der Waals surface area (Å²) in [5.74, 6) is 0.560. The molecule has 1 heterocycles. The number of rotatable bonds is 4. The Bertz CT molecular complexity index is 427. The van der Waals surface area contributed by atoms with E-state index in [2.05, 4.69) is 10.3 Å². The molecule has 0 spiro atoms. The first-order chi connectivity index (χ1) is 7.99. The molecule has 0 saturated carbocycles. The van der Waals surface area contributed by atoms with Crippen molar-refractivity contribution >= 4 is 17.8 Å². The average Bonchev–Trinajstić information content (AvgIpc) is 2.22. The van der Waals surface area contributed by atoms with Gasteiger partial charge in [0.25, 0.3) is 0 Å². The molecule has 0 aliphatic carbocycles. The van der Waals surface area contributed by atoms with Gasteiger partial charge in [-0.3, -0.25) is 4.79 Å². The van der Waals surface area contributed by atoms with Gasteiger partial charge in [0.15, 0.2) is 0 Å². The van der Waals surface area contributed by atoms with Gasteiger partial charge in [-0.2, -0.15) is 0 Å². The van der Waals surface area contributed by atoms with Crippen LogP contribution in [0.4, 0.5) is 5.82 Å². The number of nitrogen functional groups attached to an aromatic ring is 1. The van der Waals surface area contributed by atoms with Crippen LogP contribution in [0.25, 0.3) is 6.08 Å². The Balaban J connectivity index is 2.53. The van der Waals surface area contributed by atoms with E-state index >= 15 is 0 Å². The van der Waals surface area contributed by atoms with Crippen LogP contribution >= 0.6 is 0 Å². The van der Waals surface area contributed by atoms with E-state index in [1.807, 2.05) is 32.1 Å². The van der Waals surface area contributed by atoms with E-state index in [9.17, 15) is 4.79 Å². The van der Waals surface area contributed by atoms with E-state index in [1.54, 1.807) is 6.20 Å². The van der Waals surface area contributed by atoms with Gasteiger partial charge in [-0.05, 0) is 37.5 Å². The number of nitrogens with zero attached hydrogens (tertiary/aromatic N) is 1. The molecule has 0 aromatic carbocycles. The van der Waals surface area contributed by atoms with Gasteiger partial charge in [0.2, 0.25) is 5.91 Å². The fraction of sp³-hybridized carbons (Fsp3) is 0.385. The van der Waals surface area contributed by atoms with Gasteiger partial charge in [-0.15, -0.1) is 0 Å². The molecule has 1 amide bonds. The number of nitrogens with two attached hydrogens (primary N) is 1. The smallest absolute Gasteiger partial charge is 0.217 e. The average molecular weight is 233 g/mol. The van der Waals surface area contributed by atoms with E-state index < -0.39 is 0 Å². The van der Waals surface area contributed by atoms with E-state index in [0.29, 0.717) is 5.82 Å². The van der Waals surface area contributed by atoms with Crippen molar-refractivity contribution in [3.63, 3.8) is 0 Å². The Hall–Kier alpha value is -1.84. The maximum absolute atomic E-state index is 10.8. The summed E-state index contributed by atoms with van der Waals surface area (Å²) in [5.41, 5.74) is 7.63. The van der Waals surface area contributed by atoms with Crippen LogP contribution in [0.1, 0.15) is 31.4 Å². The minimum atomic E-state index is -0.00380. The van der Waals surface area contributed by atoms with Crippen molar-refractivity contribution in [1.82, 2.24) is 10.3 Å². The van der Waals surface area contributed by atoms with Crippen LogP contribution in [-0.2, 0) is 4.79 Å². The summed E-state index contributed by atoms with van der Waals surface area (Å²) in [7, 11) is 0. The number of amides is 1. The van der Waals surface area contributed by atoms with Crippen LogP contribution in [0.2, 0.25) is 0 Å². The third kappa shape index (κ3) is 4.68. The van der Waals surface area contributed by atoms with Crippen LogP contribution in [-0.4, -0.2) is 16.9 Å². The van der Waals surface area contributed by atoms with Crippen LogP contribution in [0.5, 0.6) is 0 Å². The molecule has 0 aliphatic heterocycles. The molecule has 1 unspecified atom stereocenters. The van der Waals surface area contributed by atoms with Gasteiger partial charge < -0.3 is 11.1 Å². The summed E-state index contributed by atoms with van der Waals surface area (Å²) < 4.78 is 0. The molecule has 0 fully saturated rings. The Morgan fingerprint density at radius 1 is 1.65 bits per heavy atom. The standard InChI is InChI=1S/C13H19N3O/c1-9-7-12(8-15-13(9)14)6-4-5-10(2)16-11(3)17/h4,6-8,10H,5H2,1-3H3,(H2,14,15)(H,16,17)/b6-4+. The predicted octanol–water partition coefficient (Wildman–Crippen LogP) is 1.90. The van der Waals surface area contributed by atoms with Gasteiger partial charge in [0.1, 0.15) is 5.82 Å². The first-order valence-corrected chi connectivity index (χ1v) is 5.65. The highest BCUT2D eigenvalue weighted by Crippen LogP contribution is 2.10. The molecule has 0 aliphatic rings. The number of nitrogens with one attached hydrogen (secondary N) is 1. The summed E-state index contributed by atoms with van der Waals surface area (Å²) in [6.07, 6.45) is 6.54. The maximum Gasteiger partial charge on any atom is 0.217 e. The molecule has 0 radical (unpaired) electrons. The normalized spacial score (nSPS) is 12.6. The predicted molar refractivity (Wildman–Crippen MR) is 70.3 cm³/mol. The van der Waals surface area contributed by atoms with Crippen LogP contribution in [0.15, 0.2) is 18.3 Å². The molecule has 0 bridgehead atoms.